The normalized spacial score (nSPS) is 27.4. The Morgan fingerprint density at radius 2 is 2.44 bits per heavy atom. The number of carbonyl (C=O) groups excluding carboxylic acids is 1. The van der Waals surface area contributed by atoms with Gasteiger partial charge < -0.3 is 15.4 Å². The lowest BCUT2D eigenvalue weighted by molar-refractivity contribution is -0.135. The summed E-state index contributed by atoms with van der Waals surface area (Å²) in [4.78, 5) is 11.5. The lowest BCUT2D eigenvalue weighted by Crippen LogP contribution is -2.59. The Morgan fingerprint density at radius 1 is 1.62 bits per heavy atom. The van der Waals surface area contributed by atoms with Gasteiger partial charge in [0, 0.05) is 24.9 Å². The maximum atomic E-state index is 11.5. The van der Waals surface area contributed by atoms with Crippen LogP contribution in [0.3, 0.4) is 0 Å². The third-order valence-electron chi connectivity index (χ3n) is 3.10. The van der Waals surface area contributed by atoms with Crippen molar-refractivity contribution in [3.05, 3.63) is 0 Å². The molecule has 1 amide bonds. The predicted octanol–water partition coefficient (Wildman–Crippen LogP) is 0.377. The van der Waals surface area contributed by atoms with E-state index in [9.17, 15) is 4.79 Å². The van der Waals surface area contributed by atoms with Crippen LogP contribution in [-0.4, -0.2) is 48.8 Å². The molecule has 1 unspecified atom stereocenters. The molecule has 0 radical (unpaired) electrons. The molecule has 0 aromatic heterocycles. The Balaban J connectivity index is 1.57. The minimum absolute atomic E-state index is 0.0145. The summed E-state index contributed by atoms with van der Waals surface area (Å²) in [6.45, 7) is 4.71. The monoisotopic (exact) mass is 244 g/mol. The smallest absolute Gasteiger partial charge is 0.246 e. The Kier molecular flexibility index (Phi) is 4.10. The number of nitrogens with one attached hydrogen (secondary N) is 2. The van der Waals surface area contributed by atoms with Crippen molar-refractivity contribution >= 4 is 17.7 Å². The van der Waals surface area contributed by atoms with E-state index in [-0.39, 0.29) is 18.1 Å². The molecule has 2 aliphatic rings. The molecule has 2 heterocycles. The van der Waals surface area contributed by atoms with Gasteiger partial charge in [-0.05, 0) is 25.5 Å². The summed E-state index contributed by atoms with van der Waals surface area (Å²) in [5.41, 5.74) is -0.126. The summed E-state index contributed by atoms with van der Waals surface area (Å²) in [6, 6.07) is 0. The summed E-state index contributed by atoms with van der Waals surface area (Å²) < 4.78 is 5.56. The maximum absolute atomic E-state index is 11.5. The molecule has 2 rings (SSSR count). The second-order valence-corrected chi connectivity index (χ2v) is 6.19. The zero-order chi connectivity index (χ0) is 11.4. The van der Waals surface area contributed by atoms with Gasteiger partial charge in [0.1, 0.15) is 6.61 Å². The van der Waals surface area contributed by atoms with E-state index in [0.29, 0.717) is 5.25 Å². The molecule has 0 spiro atoms. The fourth-order valence-corrected chi connectivity index (χ4v) is 3.10. The SMILES string of the molecule is CC1(OCC(=O)NCC2CCCS2)CNC1. The summed E-state index contributed by atoms with van der Waals surface area (Å²) in [5.74, 6) is 1.25. The molecule has 2 N–H and O–H groups in total. The third kappa shape index (κ3) is 3.37. The quantitative estimate of drug-likeness (QED) is 0.734. The molecular formula is C11H20N2O2S. The van der Waals surface area contributed by atoms with E-state index in [0.717, 1.165) is 19.6 Å². The van der Waals surface area contributed by atoms with E-state index < -0.39 is 0 Å². The highest BCUT2D eigenvalue weighted by Crippen LogP contribution is 2.25. The average Bonchev–Trinajstić information content (AvgIpc) is 2.73. The molecular weight excluding hydrogens is 224 g/mol. The Bertz CT molecular complexity index is 250. The standard InChI is InChI=1S/C11H20N2O2S/c1-11(7-12-8-11)15-6-10(14)13-5-9-3-2-4-16-9/h9,12H,2-8H2,1H3,(H,13,14). The molecule has 4 nitrogen and oxygen atoms in total. The molecule has 2 saturated heterocycles. The molecule has 0 aliphatic carbocycles. The van der Waals surface area contributed by atoms with E-state index in [2.05, 4.69) is 10.6 Å². The molecule has 92 valence electrons. The third-order valence-corrected chi connectivity index (χ3v) is 4.50. The van der Waals surface area contributed by atoms with Gasteiger partial charge in [-0.2, -0.15) is 11.8 Å². The lowest BCUT2D eigenvalue weighted by Gasteiger charge is -2.38. The Labute approximate surface area is 101 Å². The molecule has 0 aromatic carbocycles. The second kappa shape index (κ2) is 5.38. The van der Waals surface area contributed by atoms with E-state index in [4.69, 9.17) is 4.74 Å². The van der Waals surface area contributed by atoms with Crippen LogP contribution in [0.4, 0.5) is 0 Å². The van der Waals surface area contributed by atoms with Gasteiger partial charge in [-0.25, -0.2) is 0 Å². The van der Waals surface area contributed by atoms with Crippen LogP contribution in [0.1, 0.15) is 19.8 Å². The van der Waals surface area contributed by atoms with Crippen LogP contribution in [0.25, 0.3) is 0 Å². The van der Waals surface area contributed by atoms with Crippen LogP contribution in [0.5, 0.6) is 0 Å². The van der Waals surface area contributed by atoms with Crippen LogP contribution in [-0.2, 0) is 9.53 Å². The van der Waals surface area contributed by atoms with E-state index >= 15 is 0 Å². The van der Waals surface area contributed by atoms with Gasteiger partial charge in [-0.3, -0.25) is 4.79 Å². The zero-order valence-corrected chi connectivity index (χ0v) is 10.6. The molecule has 5 heteroatoms. The summed E-state index contributed by atoms with van der Waals surface area (Å²) in [5, 5.41) is 6.70. The molecule has 2 aliphatic heterocycles. The number of hydrogen-bond donors (Lipinski definition) is 2. The summed E-state index contributed by atoms with van der Waals surface area (Å²) >= 11 is 1.96. The van der Waals surface area contributed by atoms with Crippen molar-refractivity contribution in [1.82, 2.24) is 10.6 Å². The number of carbonyl (C=O) groups is 1. The minimum atomic E-state index is -0.126. The highest BCUT2D eigenvalue weighted by Gasteiger charge is 2.33. The topological polar surface area (TPSA) is 50.4 Å². The highest BCUT2D eigenvalue weighted by atomic mass is 32.2. The first-order valence-corrected chi connectivity index (χ1v) is 6.96. The number of hydrogen-bond acceptors (Lipinski definition) is 4. The van der Waals surface area contributed by atoms with Crippen LogP contribution in [0.15, 0.2) is 0 Å². The summed E-state index contributed by atoms with van der Waals surface area (Å²) in [7, 11) is 0. The average molecular weight is 244 g/mol. The zero-order valence-electron chi connectivity index (χ0n) is 9.75. The number of thioether (sulfide) groups is 1. The minimum Gasteiger partial charge on any atom is -0.363 e. The van der Waals surface area contributed by atoms with Crippen LogP contribution in [0.2, 0.25) is 0 Å². The second-order valence-electron chi connectivity index (χ2n) is 4.78. The molecule has 1 atom stereocenters. The summed E-state index contributed by atoms with van der Waals surface area (Å²) in [6.07, 6.45) is 2.51. The first-order chi connectivity index (χ1) is 7.68. The first kappa shape index (κ1) is 12.2. The maximum Gasteiger partial charge on any atom is 0.246 e. The van der Waals surface area contributed by atoms with Gasteiger partial charge in [-0.15, -0.1) is 0 Å². The fraction of sp³-hybridized carbons (Fsp3) is 0.909. The van der Waals surface area contributed by atoms with Crippen molar-refractivity contribution in [2.45, 2.75) is 30.6 Å². The van der Waals surface area contributed by atoms with Crippen LogP contribution < -0.4 is 10.6 Å². The molecule has 0 saturated carbocycles. The lowest BCUT2D eigenvalue weighted by atomic mass is 10.0. The molecule has 16 heavy (non-hydrogen) atoms. The van der Waals surface area contributed by atoms with E-state index in [1.807, 2.05) is 18.7 Å². The number of ether oxygens (including phenoxy) is 1. The van der Waals surface area contributed by atoms with Crippen molar-refractivity contribution in [2.75, 3.05) is 32.0 Å². The van der Waals surface area contributed by atoms with Crippen LogP contribution in [0, 0.1) is 0 Å². The predicted molar refractivity (Wildman–Crippen MR) is 65.7 cm³/mol. The van der Waals surface area contributed by atoms with Crippen molar-refractivity contribution in [2.24, 2.45) is 0 Å². The largest absolute Gasteiger partial charge is 0.363 e. The Morgan fingerprint density at radius 3 is 3.00 bits per heavy atom. The van der Waals surface area contributed by atoms with Gasteiger partial charge in [-0.1, -0.05) is 0 Å². The number of amides is 1. The van der Waals surface area contributed by atoms with Crippen LogP contribution >= 0.6 is 11.8 Å². The van der Waals surface area contributed by atoms with E-state index in [1.54, 1.807) is 0 Å². The molecule has 2 fully saturated rings. The number of rotatable bonds is 5. The van der Waals surface area contributed by atoms with Crippen molar-refractivity contribution in [3.63, 3.8) is 0 Å². The molecule has 0 aromatic rings. The highest BCUT2D eigenvalue weighted by molar-refractivity contribution is 8.00. The van der Waals surface area contributed by atoms with Gasteiger partial charge >= 0.3 is 0 Å². The van der Waals surface area contributed by atoms with E-state index in [1.165, 1.54) is 18.6 Å². The van der Waals surface area contributed by atoms with Crippen molar-refractivity contribution in [1.29, 1.82) is 0 Å². The van der Waals surface area contributed by atoms with Gasteiger partial charge in [0.15, 0.2) is 0 Å². The van der Waals surface area contributed by atoms with Crippen molar-refractivity contribution in [3.8, 4) is 0 Å². The van der Waals surface area contributed by atoms with Gasteiger partial charge in [0.2, 0.25) is 5.91 Å². The fourth-order valence-electron chi connectivity index (χ4n) is 1.90. The van der Waals surface area contributed by atoms with Gasteiger partial charge in [0.25, 0.3) is 0 Å². The van der Waals surface area contributed by atoms with Gasteiger partial charge in [0.05, 0.1) is 5.60 Å². The molecule has 0 bridgehead atoms. The van der Waals surface area contributed by atoms with Crippen molar-refractivity contribution < 1.29 is 9.53 Å². The Hall–Kier alpha value is -0.260. The first-order valence-electron chi connectivity index (χ1n) is 5.91.